The molecule has 0 bridgehead atoms. The number of hydrogen-bond donors (Lipinski definition) is 1. The van der Waals surface area contributed by atoms with Crippen LogP contribution in [0, 0.1) is 0 Å². The van der Waals surface area contributed by atoms with Crippen molar-refractivity contribution in [2.45, 2.75) is 51.5 Å². The minimum Gasteiger partial charge on any atom is -0.391 e. The lowest BCUT2D eigenvalue weighted by molar-refractivity contribution is -0.179. The summed E-state index contributed by atoms with van der Waals surface area (Å²) >= 11 is 0. The Kier molecular flexibility index (Phi) is 4.00. The lowest BCUT2D eigenvalue weighted by Gasteiger charge is -2.51. The Balaban J connectivity index is 2.21. The Hall–Kier alpha value is -0.900. The summed E-state index contributed by atoms with van der Waals surface area (Å²) in [6.07, 6.45) is -0.424. The van der Waals surface area contributed by atoms with Gasteiger partial charge >= 0.3 is 0 Å². The summed E-state index contributed by atoms with van der Waals surface area (Å²) in [5, 5.41) is 10.1. The monoisotopic (exact) mass is 263 g/mol. The third kappa shape index (κ3) is 3.16. The van der Waals surface area contributed by atoms with Crippen molar-refractivity contribution in [3.63, 3.8) is 0 Å². The van der Waals surface area contributed by atoms with E-state index in [1.54, 1.807) is 0 Å². The molecule has 3 heteroatoms. The molecule has 1 aromatic rings. The van der Waals surface area contributed by atoms with E-state index in [1.165, 1.54) is 5.56 Å². The maximum atomic E-state index is 10.1. The topological polar surface area (TPSA) is 32.7 Å². The molecular weight excluding hydrogens is 238 g/mol. The van der Waals surface area contributed by atoms with Crippen molar-refractivity contribution in [1.29, 1.82) is 0 Å². The third-order valence-electron chi connectivity index (χ3n) is 4.17. The van der Waals surface area contributed by atoms with Crippen LogP contribution in [0.2, 0.25) is 0 Å². The third-order valence-corrected chi connectivity index (χ3v) is 4.17. The first-order valence-corrected chi connectivity index (χ1v) is 6.94. The van der Waals surface area contributed by atoms with E-state index >= 15 is 0 Å². The molecule has 3 nitrogen and oxygen atoms in total. The van der Waals surface area contributed by atoms with Gasteiger partial charge in [0.1, 0.15) is 0 Å². The molecule has 1 saturated heterocycles. The van der Waals surface area contributed by atoms with Gasteiger partial charge in [0, 0.05) is 13.1 Å². The summed E-state index contributed by atoms with van der Waals surface area (Å²) in [5.41, 5.74) is 0.779. The van der Waals surface area contributed by atoms with Gasteiger partial charge in [-0.25, -0.2) is 0 Å². The van der Waals surface area contributed by atoms with Gasteiger partial charge in [-0.15, -0.1) is 0 Å². The van der Waals surface area contributed by atoms with Crippen LogP contribution in [0.4, 0.5) is 0 Å². The molecule has 2 atom stereocenters. The van der Waals surface area contributed by atoms with Crippen molar-refractivity contribution >= 4 is 0 Å². The second-order valence-electron chi connectivity index (χ2n) is 6.42. The van der Waals surface area contributed by atoms with Crippen molar-refractivity contribution < 1.29 is 9.84 Å². The zero-order chi connectivity index (χ0) is 14.1. The van der Waals surface area contributed by atoms with Gasteiger partial charge < -0.3 is 9.84 Å². The first kappa shape index (κ1) is 14.5. The van der Waals surface area contributed by atoms with Crippen LogP contribution < -0.4 is 0 Å². The lowest BCUT2D eigenvalue weighted by atomic mass is 9.89. The van der Waals surface area contributed by atoms with Crippen LogP contribution in [0.5, 0.6) is 0 Å². The van der Waals surface area contributed by atoms with Gasteiger partial charge in [-0.1, -0.05) is 30.3 Å². The molecule has 0 aliphatic carbocycles. The highest BCUT2D eigenvalue weighted by atomic mass is 16.5. The van der Waals surface area contributed by atoms with Gasteiger partial charge in [0.25, 0.3) is 0 Å². The van der Waals surface area contributed by atoms with Crippen LogP contribution in [0.15, 0.2) is 30.3 Å². The number of benzene rings is 1. The highest BCUT2D eigenvalue weighted by molar-refractivity contribution is 5.15. The molecule has 2 rings (SSSR count). The van der Waals surface area contributed by atoms with Gasteiger partial charge in [0.15, 0.2) is 0 Å². The minimum absolute atomic E-state index is 0.164. The number of aliphatic hydroxyl groups is 1. The zero-order valence-electron chi connectivity index (χ0n) is 12.4. The van der Waals surface area contributed by atoms with E-state index in [9.17, 15) is 5.11 Å². The largest absolute Gasteiger partial charge is 0.391 e. The van der Waals surface area contributed by atoms with Crippen molar-refractivity contribution in [2.24, 2.45) is 0 Å². The average molecular weight is 263 g/mol. The Morgan fingerprint density at radius 1 is 1.26 bits per heavy atom. The predicted molar refractivity (Wildman–Crippen MR) is 77.0 cm³/mol. The fraction of sp³-hybridized carbons (Fsp3) is 0.625. The zero-order valence-corrected chi connectivity index (χ0v) is 12.4. The van der Waals surface area contributed by atoms with Crippen LogP contribution in [0.25, 0.3) is 0 Å². The summed E-state index contributed by atoms with van der Waals surface area (Å²) in [4.78, 5) is 2.34. The van der Waals surface area contributed by atoms with E-state index in [0.717, 1.165) is 13.1 Å². The van der Waals surface area contributed by atoms with E-state index in [4.69, 9.17) is 4.74 Å². The molecule has 106 valence electrons. The highest BCUT2D eigenvalue weighted by Gasteiger charge is 2.44. The molecule has 0 radical (unpaired) electrons. The van der Waals surface area contributed by atoms with Gasteiger partial charge in [-0.2, -0.15) is 0 Å². The number of rotatable bonds is 3. The van der Waals surface area contributed by atoms with Crippen LogP contribution in [-0.2, 0) is 11.3 Å². The predicted octanol–water partition coefficient (Wildman–Crippen LogP) is 2.44. The molecule has 1 fully saturated rings. The van der Waals surface area contributed by atoms with Crippen molar-refractivity contribution in [1.82, 2.24) is 4.90 Å². The van der Waals surface area contributed by atoms with E-state index < -0.39 is 6.10 Å². The van der Waals surface area contributed by atoms with Crippen LogP contribution in [0.3, 0.4) is 0 Å². The number of hydrogen-bond acceptors (Lipinski definition) is 3. The summed E-state index contributed by atoms with van der Waals surface area (Å²) in [5.74, 6) is 0. The van der Waals surface area contributed by atoms with E-state index in [-0.39, 0.29) is 11.1 Å². The van der Waals surface area contributed by atoms with E-state index in [1.807, 2.05) is 13.0 Å². The SMILES string of the molecule is C[C@@H](O)[C@]1(C)COC(C)(C)CN1Cc1ccccc1. The molecule has 19 heavy (non-hydrogen) atoms. The summed E-state index contributed by atoms with van der Waals surface area (Å²) in [7, 11) is 0. The first-order chi connectivity index (χ1) is 8.83. The van der Waals surface area contributed by atoms with Crippen LogP contribution in [-0.4, -0.2) is 40.4 Å². The number of morpholine rings is 1. The fourth-order valence-corrected chi connectivity index (χ4v) is 2.54. The van der Waals surface area contributed by atoms with Gasteiger partial charge in [0.05, 0.1) is 23.9 Å². The Bertz CT molecular complexity index is 416. The molecule has 0 spiro atoms. The highest BCUT2D eigenvalue weighted by Crippen LogP contribution is 2.32. The average Bonchev–Trinajstić information content (AvgIpc) is 2.35. The summed E-state index contributed by atoms with van der Waals surface area (Å²) < 4.78 is 5.91. The normalized spacial score (nSPS) is 29.1. The Morgan fingerprint density at radius 3 is 2.47 bits per heavy atom. The molecule has 1 N–H and O–H groups in total. The van der Waals surface area contributed by atoms with Crippen LogP contribution >= 0.6 is 0 Å². The number of ether oxygens (including phenoxy) is 1. The van der Waals surface area contributed by atoms with E-state index in [2.05, 4.69) is 49.9 Å². The molecule has 1 aliphatic heterocycles. The minimum atomic E-state index is -0.424. The Morgan fingerprint density at radius 2 is 1.89 bits per heavy atom. The molecule has 1 aromatic carbocycles. The molecular formula is C16H25NO2. The number of aliphatic hydroxyl groups excluding tert-OH is 1. The van der Waals surface area contributed by atoms with Crippen molar-refractivity contribution in [3.8, 4) is 0 Å². The smallest absolute Gasteiger partial charge is 0.0754 e. The lowest BCUT2D eigenvalue weighted by Crippen LogP contribution is -2.64. The van der Waals surface area contributed by atoms with Gasteiger partial charge in [-0.05, 0) is 33.3 Å². The van der Waals surface area contributed by atoms with Gasteiger partial charge in [-0.3, -0.25) is 4.90 Å². The maximum Gasteiger partial charge on any atom is 0.0754 e. The molecule has 0 saturated carbocycles. The standard InChI is InChI=1S/C16H25NO2/c1-13(18)16(4)12-19-15(2,3)11-17(16)10-14-8-6-5-7-9-14/h5-9,13,18H,10-12H2,1-4H3/t13-,16+/m1/s1. The molecule has 0 aromatic heterocycles. The molecule has 1 heterocycles. The summed E-state index contributed by atoms with van der Waals surface area (Å²) in [6, 6.07) is 10.4. The van der Waals surface area contributed by atoms with E-state index in [0.29, 0.717) is 6.61 Å². The molecule has 0 amide bonds. The van der Waals surface area contributed by atoms with Crippen molar-refractivity contribution in [2.75, 3.05) is 13.2 Å². The maximum absolute atomic E-state index is 10.1. The first-order valence-electron chi connectivity index (χ1n) is 6.94. The van der Waals surface area contributed by atoms with Crippen LogP contribution in [0.1, 0.15) is 33.3 Å². The summed E-state index contributed by atoms with van der Waals surface area (Å²) in [6.45, 7) is 10.4. The fourth-order valence-electron chi connectivity index (χ4n) is 2.54. The van der Waals surface area contributed by atoms with Crippen molar-refractivity contribution in [3.05, 3.63) is 35.9 Å². The van der Waals surface area contributed by atoms with Gasteiger partial charge in [0.2, 0.25) is 0 Å². The molecule has 1 aliphatic rings. The molecule has 0 unspecified atom stereocenters. The second kappa shape index (κ2) is 5.23. The second-order valence-corrected chi connectivity index (χ2v) is 6.42. The quantitative estimate of drug-likeness (QED) is 0.909. The number of nitrogens with zero attached hydrogens (tertiary/aromatic N) is 1. The Labute approximate surface area is 116 Å².